The van der Waals surface area contributed by atoms with Crippen molar-refractivity contribution in [2.75, 3.05) is 7.11 Å². The Morgan fingerprint density at radius 3 is 2.05 bits per heavy atom. The number of carboxylic acids is 1. The zero-order chi connectivity index (χ0) is 17.7. The summed E-state index contributed by atoms with van der Waals surface area (Å²) in [6, 6.07) is -1.81. The molecule has 7 heteroatoms. The molecule has 1 amide bonds. The van der Waals surface area contributed by atoms with Gasteiger partial charge in [0, 0.05) is 0 Å². The van der Waals surface area contributed by atoms with Gasteiger partial charge < -0.3 is 20.9 Å². The average molecular weight is 316 g/mol. The summed E-state index contributed by atoms with van der Waals surface area (Å²) in [5, 5.41) is 11.9. The van der Waals surface area contributed by atoms with Gasteiger partial charge in [0.25, 0.3) is 0 Å². The fraction of sp³-hybridized carbons (Fsp3) is 0.800. The normalized spacial score (nSPS) is 15.8. The third-order valence-electron chi connectivity index (χ3n) is 3.64. The number of carbonyl (C=O) groups is 3. The summed E-state index contributed by atoms with van der Waals surface area (Å²) < 4.78 is 4.66. The maximum Gasteiger partial charge on any atom is 0.328 e. The van der Waals surface area contributed by atoms with Crippen molar-refractivity contribution < 1.29 is 24.2 Å². The van der Waals surface area contributed by atoms with Crippen LogP contribution in [0.2, 0.25) is 0 Å². The Kier molecular flexibility index (Phi) is 7.52. The molecule has 4 N–H and O–H groups in total. The highest BCUT2D eigenvalue weighted by Gasteiger charge is 2.37. The lowest BCUT2D eigenvalue weighted by Gasteiger charge is -2.30. The van der Waals surface area contributed by atoms with Crippen molar-refractivity contribution in [3.05, 3.63) is 0 Å². The largest absolute Gasteiger partial charge is 0.481 e. The number of hydrogen-bond acceptors (Lipinski definition) is 5. The van der Waals surface area contributed by atoms with Gasteiger partial charge in [0.05, 0.1) is 19.1 Å². The van der Waals surface area contributed by atoms with Crippen LogP contribution in [0.1, 0.15) is 41.0 Å². The Morgan fingerprint density at radius 2 is 1.73 bits per heavy atom. The molecule has 7 nitrogen and oxygen atoms in total. The van der Waals surface area contributed by atoms with E-state index in [-0.39, 0.29) is 12.3 Å². The molecule has 0 fully saturated rings. The molecule has 0 saturated carbocycles. The summed E-state index contributed by atoms with van der Waals surface area (Å²) in [5.74, 6) is -3.12. The van der Waals surface area contributed by atoms with Crippen molar-refractivity contribution in [2.24, 2.45) is 23.0 Å². The van der Waals surface area contributed by atoms with Crippen LogP contribution < -0.4 is 11.1 Å². The molecule has 22 heavy (non-hydrogen) atoms. The standard InChI is InChI=1S/C15H28N2O5/c1-8(2)11(16)12(18)17-10(14(21)22-6)7-9(13(19)20)15(3,4)5/h8-11H,7,16H2,1-6H3,(H,17,18)(H,19,20)/t9?,10-,11-/m0/s1. The molecule has 0 saturated heterocycles. The summed E-state index contributed by atoms with van der Waals surface area (Å²) in [4.78, 5) is 35.3. The van der Waals surface area contributed by atoms with Gasteiger partial charge in [0.2, 0.25) is 5.91 Å². The van der Waals surface area contributed by atoms with E-state index >= 15 is 0 Å². The number of esters is 1. The Bertz CT molecular complexity index is 415. The van der Waals surface area contributed by atoms with Crippen LogP contribution in [0, 0.1) is 17.3 Å². The first-order valence-corrected chi connectivity index (χ1v) is 7.28. The van der Waals surface area contributed by atoms with Crippen molar-refractivity contribution >= 4 is 17.8 Å². The third-order valence-corrected chi connectivity index (χ3v) is 3.64. The maximum atomic E-state index is 12.0. The molecule has 0 bridgehead atoms. The zero-order valence-corrected chi connectivity index (χ0v) is 14.2. The molecule has 1 unspecified atom stereocenters. The Labute approximate surface area is 131 Å². The van der Waals surface area contributed by atoms with Crippen molar-refractivity contribution in [1.29, 1.82) is 0 Å². The van der Waals surface area contributed by atoms with Gasteiger partial charge in [-0.25, -0.2) is 4.79 Å². The molecule has 0 aromatic rings. The minimum Gasteiger partial charge on any atom is -0.481 e. The SMILES string of the molecule is COC(=O)[C@H](CC(C(=O)O)C(C)(C)C)NC(=O)[C@@H](N)C(C)C. The van der Waals surface area contributed by atoms with Crippen molar-refractivity contribution in [2.45, 2.75) is 53.1 Å². The molecule has 0 aliphatic carbocycles. The average Bonchev–Trinajstić information content (AvgIpc) is 2.39. The lowest BCUT2D eigenvalue weighted by atomic mass is 9.77. The monoisotopic (exact) mass is 316 g/mol. The Hall–Kier alpha value is -1.63. The first-order chi connectivity index (χ1) is 9.91. The van der Waals surface area contributed by atoms with E-state index < -0.39 is 41.3 Å². The number of aliphatic carboxylic acids is 1. The predicted octanol–water partition coefficient (Wildman–Crippen LogP) is 0.765. The highest BCUT2D eigenvalue weighted by atomic mass is 16.5. The minimum absolute atomic E-state index is 0.0535. The van der Waals surface area contributed by atoms with Gasteiger partial charge in [0.15, 0.2) is 0 Å². The van der Waals surface area contributed by atoms with Crippen molar-refractivity contribution in [3.8, 4) is 0 Å². The number of amides is 1. The van der Waals surface area contributed by atoms with E-state index in [9.17, 15) is 19.5 Å². The second kappa shape index (κ2) is 8.12. The number of carbonyl (C=O) groups excluding carboxylic acids is 2. The highest BCUT2D eigenvalue weighted by molar-refractivity contribution is 5.88. The number of nitrogens with two attached hydrogens (primary N) is 1. The molecular formula is C15H28N2O5. The van der Waals surface area contributed by atoms with Crippen LogP contribution in [-0.4, -0.2) is 42.1 Å². The number of nitrogens with one attached hydrogen (secondary N) is 1. The van der Waals surface area contributed by atoms with Gasteiger partial charge >= 0.3 is 11.9 Å². The summed E-state index contributed by atoms with van der Waals surface area (Å²) in [5.41, 5.74) is 5.18. The van der Waals surface area contributed by atoms with Crippen molar-refractivity contribution in [3.63, 3.8) is 0 Å². The summed E-state index contributed by atoms with van der Waals surface area (Å²) in [7, 11) is 1.19. The fourth-order valence-corrected chi connectivity index (χ4v) is 1.99. The molecule has 0 aromatic carbocycles. The van der Waals surface area contributed by atoms with Crippen LogP contribution in [0.5, 0.6) is 0 Å². The van der Waals surface area contributed by atoms with Crippen LogP contribution >= 0.6 is 0 Å². The molecule has 0 radical (unpaired) electrons. The number of carboxylic acid groups (broad SMARTS) is 1. The molecule has 0 aliphatic heterocycles. The molecule has 3 atom stereocenters. The number of rotatable bonds is 7. The zero-order valence-electron chi connectivity index (χ0n) is 14.2. The molecule has 128 valence electrons. The summed E-state index contributed by atoms with van der Waals surface area (Å²) >= 11 is 0. The third kappa shape index (κ3) is 6.01. The summed E-state index contributed by atoms with van der Waals surface area (Å²) in [6.45, 7) is 8.87. The van der Waals surface area contributed by atoms with Crippen molar-refractivity contribution in [1.82, 2.24) is 5.32 Å². The van der Waals surface area contributed by atoms with Gasteiger partial charge in [-0.05, 0) is 17.8 Å². The van der Waals surface area contributed by atoms with Gasteiger partial charge in [0.1, 0.15) is 6.04 Å². The highest BCUT2D eigenvalue weighted by Crippen LogP contribution is 2.30. The molecule has 0 aromatic heterocycles. The van der Waals surface area contributed by atoms with E-state index in [0.717, 1.165) is 0 Å². The smallest absolute Gasteiger partial charge is 0.328 e. The second-order valence-electron chi connectivity index (χ2n) is 6.85. The van der Waals surface area contributed by atoms with Crippen LogP contribution in [0.25, 0.3) is 0 Å². The number of methoxy groups -OCH3 is 1. The molecule has 0 aliphatic rings. The predicted molar refractivity (Wildman–Crippen MR) is 82.0 cm³/mol. The summed E-state index contributed by atoms with van der Waals surface area (Å²) in [6.07, 6.45) is -0.0535. The number of hydrogen-bond donors (Lipinski definition) is 3. The van der Waals surface area contributed by atoms with Gasteiger partial charge in [-0.2, -0.15) is 0 Å². The fourth-order valence-electron chi connectivity index (χ4n) is 1.99. The van der Waals surface area contributed by atoms with E-state index in [0.29, 0.717) is 0 Å². The molecule has 0 heterocycles. The maximum absolute atomic E-state index is 12.0. The van der Waals surface area contributed by atoms with Crippen LogP contribution in [-0.2, 0) is 19.1 Å². The van der Waals surface area contributed by atoms with E-state index in [1.54, 1.807) is 34.6 Å². The first-order valence-electron chi connectivity index (χ1n) is 7.28. The van der Waals surface area contributed by atoms with E-state index in [1.165, 1.54) is 7.11 Å². The molecule has 0 rings (SSSR count). The molecule has 0 spiro atoms. The van der Waals surface area contributed by atoms with Gasteiger partial charge in [-0.3, -0.25) is 9.59 Å². The topological polar surface area (TPSA) is 119 Å². The Balaban J connectivity index is 5.19. The van der Waals surface area contributed by atoms with E-state index in [4.69, 9.17) is 5.73 Å². The van der Waals surface area contributed by atoms with Gasteiger partial charge in [-0.15, -0.1) is 0 Å². The van der Waals surface area contributed by atoms with Crippen LogP contribution in [0.15, 0.2) is 0 Å². The molecular weight excluding hydrogens is 288 g/mol. The quantitative estimate of drug-likeness (QED) is 0.597. The van der Waals surface area contributed by atoms with E-state index in [1.807, 2.05) is 0 Å². The number of ether oxygens (including phenoxy) is 1. The van der Waals surface area contributed by atoms with Crippen LogP contribution in [0.4, 0.5) is 0 Å². The lowest BCUT2D eigenvalue weighted by Crippen LogP contribution is -2.52. The van der Waals surface area contributed by atoms with Gasteiger partial charge in [-0.1, -0.05) is 34.6 Å². The Morgan fingerprint density at radius 1 is 1.23 bits per heavy atom. The first kappa shape index (κ1) is 20.4. The second-order valence-corrected chi connectivity index (χ2v) is 6.85. The lowest BCUT2D eigenvalue weighted by molar-refractivity contribution is -0.150. The minimum atomic E-state index is -1.04. The van der Waals surface area contributed by atoms with E-state index in [2.05, 4.69) is 10.1 Å². The van der Waals surface area contributed by atoms with Crippen LogP contribution in [0.3, 0.4) is 0 Å².